The fourth-order valence-electron chi connectivity index (χ4n) is 2.88. The molecule has 0 amide bonds. The van der Waals surface area contributed by atoms with E-state index in [1.165, 1.54) is 5.56 Å². The van der Waals surface area contributed by atoms with Crippen molar-refractivity contribution in [2.24, 2.45) is 0 Å². The van der Waals surface area contributed by atoms with Crippen LogP contribution >= 0.6 is 0 Å². The lowest BCUT2D eigenvalue weighted by Crippen LogP contribution is -2.16. The molecular formula is C15H25N3O2S. The van der Waals surface area contributed by atoms with Crippen LogP contribution < -0.4 is 5.32 Å². The fourth-order valence-corrected chi connectivity index (χ4v) is 4.61. The number of hydrogen-bond acceptors (Lipinski definition) is 5. The van der Waals surface area contributed by atoms with Crippen LogP contribution in [-0.4, -0.2) is 43.0 Å². The highest BCUT2D eigenvalue weighted by molar-refractivity contribution is 7.91. The molecule has 1 unspecified atom stereocenters. The van der Waals surface area contributed by atoms with Crippen LogP contribution in [0.15, 0.2) is 0 Å². The lowest BCUT2D eigenvalue weighted by atomic mass is 10.0. The Balaban J connectivity index is 2.10. The van der Waals surface area contributed by atoms with Gasteiger partial charge in [0.15, 0.2) is 9.84 Å². The van der Waals surface area contributed by atoms with Crippen LogP contribution in [0, 0.1) is 13.8 Å². The quantitative estimate of drug-likeness (QED) is 0.807. The second-order valence-electron chi connectivity index (χ2n) is 5.79. The number of nitrogens with one attached hydrogen (secondary N) is 1. The average molecular weight is 311 g/mol. The summed E-state index contributed by atoms with van der Waals surface area (Å²) in [5.74, 6) is 1.15. The minimum Gasteiger partial charge on any atom is -0.317 e. The number of aryl methyl sites for hydroxylation is 2. The van der Waals surface area contributed by atoms with E-state index < -0.39 is 9.84 Å². The van der Waals surface area contributed by atoms with E-state index in [0.717, 1.165) is 37.3 Å². The normalized spacial score (nSPS) is 20.8. The van der Waals surface area contributed by atoms with E-state index in [4.69, 9.17) is 0 Å². The van der Waals surface area contributed by atoms with E-state index in [9.17, 15) is 8.42 Å². The molecule has 0 spiro atoms. The van der Waals surface area contributed by atoms with Gasteiger partial charge < -0.3 is 5.32 Å². The molecule has 5 nitrogen and oxygen atoms in total. The van der Waals surface area contributed by atoms with Crippen LogP contribution in [0.3, 0.4) is 0 Å². The predicted molar refractivity (Wildman–Crippen MR) is 84.4 cm³/mol. The molecule has 1 fully saturated rings. The first kappa shape index (κ1) is 16.4. The minimum atomic E-state index is -2.89. The van der Waals surface area contributed by atoms with E-state index in [0.29, 0.717) is 12.2 Å². The van der Waals surface area contributed by atoms with Gasteiger partial charge in [0, 0.05) is 17.3 Å². The maximum atomic E-state index is 11.6. The Hall–Kier alpha value is -1.01. The second kappa shape index (κ2) is 6.83. The molecule has 1 aromatic rings. The van der Waals surface area contributed by atoms with Crippen LogP contribution in [-0.2, 0) is 16.3 Å². The molecule has 1 aliphatic heterocycles. The van der Waals surface area contributed by atoms with Gasteiger partial charge in [0.1, 0.15) is 5.82 Å². The largest absolute Gasteiger partial charge is 0.317 e. The third-order valence-corrected chi connectivity index (χ3v) is 5.83. The molecule has 2 heterocycles. The van der Waals surface area contributed by atoms with Crippen molar-refractivity contribution < 1.29 is 8.42 Å². The van der Waals surface area contributed by atoms with Crippen molar-refractivity contribution in [3.05, 3.63) is 22.8 Å². The summed E-state index contributed by atoms with van der Waals surface area (Å²) in [7, 11) is -2.89. The first-order chi connectivity index (χ1) is 9.93. The summed E-state index contributed by atoms with van der Waals surface area (Å²) >= 11 is 0. The van der Waals surface area contributed by atoms with E-state index in [1.54, 1.807) is 0 Å². The zero-order valence-corrected chi connectivity index (χ0v) is 14.0. The van der Waals surface area contributed by atoms with Gasteiger partial charge in [0.05, 0.1) is 11.5 Å². The number of aromatic nitrogens is 2. The molecule has 1 saturated heterocycles. The van der Waals surface area contributed by atoms with Gasteiger partial charge in [0.2, 0.25) is 0 Å². The lowest BCUT2D eigenvalue weighted by Gasteiger charge is -2.13. The SMILES string of the molecule is CCNCCCc1c(C)nc(C2CCS(=O)(=O)C2)nc1C. The Morgan fingerprint density at radius 2 is 1.90 bits per heavy atom. The van der Waals surface area contributed by atoms with Gasteiger partial charge in [-0.2, -0.15) is 0 Å². The number of nitrogens with zero attached hydrogens (tertiary/aromatic N) is 2. The van der Waals surface area contributed by atoms with Crippen molar-refractivity contribution in [2.45, 2.75) is 46.0 Å². The fraction of sp³-hybridized carbons (Fsp3) is 0.733. The topological polar surface area (TPSA) is 72.0 Å². The third kappa shape index (κ3) is 4.23. The van der Waals surface area contributed by atoms with Crippen molar-refractivity contribution in [2.75, 3.05) is 24.6 Å². The van der Waals surface area contributed by atoms with Gasteiger partial charge in [0.25, 0.3) is 0 Å². The summed E-state index contributed by atoms with van der Waals surface area (Å²) < 4.78 is 23.2. The van der Waals surface area contributed by atoms with Gasteiger partial charge in [-0.15, -0.1) is 0 Å². The molecule has 0 aromatic carbocycles. The Kier molecular flexibility index (Phi) is 5.32. The van der Waals surface area contributed by atoms with Gasteiger partial charge >= 0.3 is 0 Å². The third-order valence-electron chi connectivity index (χ3n) is 4.07. The van der Waals surface area contributed by atoms with Crippen LogP contribution in [0.4, 0.5) is 0 Å². The first-order valence-corrected chi connectivity index (χ1v) is 9.50. The second-order valence-corrected chi connectivity index (χ2v) is 8.02. The molecular weight excluding hydrogens is 286 g/mol. The molecule has 1 atom stereocenters. The van der Waals surface area contributed by atoms with Crippen LogP contribution in [0.2, 0.25) is 0 Å². The van der Waals surface area contributed by atoms with Crippen molar-refractivity contribution in [1.29, 1.82) is 0 Å². The van der Waals surface area contributed by atoms with Crippen LogP contribution in [0.1, 0.15) is 48.5 Å². The van der Waals surface area contributed by atoms with Crippen molar-refractivity contribution >= 4 is 9.84 Å². The van der Waals surface area contributed by atoms with Crippen LogP contribution in [0.25, 0.3) is 0 Å². The zero-order valence-electron chi connectivity index (χ0n) is 13.1. The predicted octanol–water partition coefficient (Wildman–Crippen LogP) is 1.54. The number of sulfone groups is 1. The Labute approximate surface area is 127 Å². The molecule has 0 saturated carbocycles. The molecule has 6 heteroatoms. The van der Waals surface area contributed by atoms with E-state index in [1.807, 2.05) is 13.8 Å². The smallest absolute Gasteiger partial charge is 0.151 e. The molecule has 0 aliphatic carbocycles. The van der Waals surface area contributed by atoms with Gasteiger partial charge in [-0.05, 0) is 51.8 Å². The molecule has 0 bridgehead atoms. The van der Waals surface area contributed by atoms with E-state index in [-0.39, 0.29) is 17.4 Å². The monoisotopic (exact) mass is 311 g/mol. The van der Waals surface area contributed by atoms with E-state index in [2.05, 4.69) is 22.2 Å². The standard InChI is InChI=1S/C15H25N3O2S/c1-4-16-8-5-6-14-11(2)17-15(18-12(14)3)13-7-9-21(19,20)10-13/h13,16H,4-10H2,1-3H3. The molecule has 1 aromatic heterocycles. The number of rotatable bonds is 6. The lowest BCUT2D eigenvalue weighted by molar-refractivity contribution is 0.600. The maximum absolute atomic E-state index is 11.6. The van der Waals surface area contributed by atoms with Gasteiger partial charge in [-0.3, -0.25) is 0 Å². The molecule has 1 N–H and O–H groups in total. The highest BCUT2D eigenvalue weighted by atomic mass is 32.2. The Morgan fingerprint density at radius 3 is 2.43 bits per heavy atom. The Morgan fingerprint density at radius 1 is 1.24 bits per heavy atom. The molecule has 118 valence electrons. The zero-order chi connectivity index (χ0) is 15.5. The highest BCUT2D eigenvalue weighted by Crippen LogP contribution is 2.27. The summed E-state index contributed by atoms with van der Waals surface area (Å²) in [5, 5.41) is 3.32. The minimum absolute atomic E-state index is 0.0248. The molecule has 0 radical (unpaired) electrons. The van der Waals surface area contributed by atoms with Crippen molar-refractivity contribution in [1.82, 2.24) is 15.3 Å². The van der Waals surface area contributed by atoms with Crippen molar-refractivity contribution in [3.63, 3.8) is 0 Å². The van der Waals surface area contributed by atoms with Gasteiger partial charge in [-0.1, -0.05) is 6.92 Å². The van der Waals surface area contributed by atoms with E-state index >= 15 is 0 Å². The van der Waals surface area contributed by atoms with Crippen molar-refractivity contribution in [3.8, 4) is 0 Å². The first-order valence-electron chi connectivity index (χ1n) is 7.68. The summed E-state index contributed by atoms with van der Waals surface area (Å²) in [6, 6.07) is 0. The summed E-state index contributed by atoms with van der Waals surface area (Å²) in [6.45, 7) is 8.10. The maximum Gasteiger partial charge on any atom is 0.151 e. The molecule has 2 rings (SSSR count). The van der Waals surface area contributed by atoms with Crippen LogP contribution in [0.5, 0.6) is 0 Å². The number of hydrogen-bond donors (Lipinski definition) is 1. The molecule has 1 aliphatic rings. The average Bonchev–Trinajstić information content (AvgIpc) is 2.77. The van der Waals surface area contributed by atoms with Gasteiger partial charge in [-0.25, -0.2) is 18.4 Å². The highest BCUT2D eigenvalue weighted by Gasteiger charge is 2.31. The summed E-state index contributed by atoms with van der Waals surface area (Å²) in [6.07, 6.45) is 2.69. The summed E-state index contributed by atoms with van der Waals surface area (Å²) in [4.78, 5) is 9.17. The Bertz CT molecular complexity index is 576. The summed E-state index contributed by atoms with van der Waals surface area (Å²) in [5.41, 5.74) is 3.20. The molecule has 21 heavy (non-hydrogen) atoms.